The molecule has 2 aliphatic rings. The average molecular weight is 414 g/mol. The molecule has 0 radical (unpaired) electrons. The van der Waals surface area contributed by atoms with Crippen molar-refractivity contribution in [1.82, 2.24) is 9.97 Å². The molecule has 3 N–H and O–H groups in total. The summed E-state index contributed by atoms with van der Waals surface area (Å²) in [6, 6.07) is 1.79. The Kier molecular flexibility index (Phi) is 6.42. The Morgan fingerprint density at radius 2 is 2.03 bits per heavy atom. The molecule has 0 unspecified atom stereocenters. The van der Waals surface area contributed by atoms with Crippen molar-refractivity contribution in [2.45, 2.75) is 82.3 Å². The van der Waals surface area contributed by atoms with Crippen molar-refractivity contribution in [3.05, 3.63) is 45.7 Å². The maximum atomic E-state index is 13.0. The van der Waals surface area contributed by atoms with Crippen molar-refractivity contribution < 1.29 is 9.90 Å². The Morgan fingerprint density at radius 3 is 2.79 bits per heavy atom. The first-order chi connectivity index (χ1) is 14.0. The zero-order valence-electron chi connectivity index (χ0n) is 17.1. The fraction of sp³-hybridized carbons (Fsp3) is 0.609. The molecule has 2 aromatic heterocycles. The Hall–Kier alpha value is -1.63. The lowest BCUT2D eigenvalue weighted by molar-refractivity contribution is 0.0519. The molecule has 2 aliphatic carbocycles. The van der Waals surface area contributed by atoms with Gasteiger partial charge < -0.3 is 10.8 Å². The van der Waals surface area contributed by atoms with E-state index in [-0.39, 0.29) is 23.7 Å². The van der Waals surface area contributed by atoms with E-state index in [4.69, 9.17) is 10.7 Å². The van der Waals surface area contributed by atoms with E-state index in [9.17, 15) is 9.90 Å². The Labute approximate surface area is 176 Å². The second-order valence-corrected chi connectivity index (χ2v) is 9.77. The van der Waals surface area contributed by atoms with Crippen LogP contribution >= 0.6 is 11.3 Å². The lowest BCUT2D eigenvalue weighted by Crippen LogP contribution is -2.44. The number of thiazole rings is 1. The number of rotatable bonds is 5. The van der Waals surface area contributed by atoms with Crippen molar-refractivity contribution >= 4 is 17.1 Å². The highest BCUT2D eigenvalue weighted by molar-refractivity contribution is 7.09. The van der Waals surface area contributed by atoms with E-state index in [2.05, 4.69) is 4.98 Å². The van der Waals surface area contributed by atoms with Gasteiger partial charge in [0.15, 0.2) is 5.78 Å². The van der Waals surface area contributed by atoms with Crippen molar-refractivity contribution in [2.75, 3.05) is 0 Å². The predicted molar refractivity (Wildman–Crippen MR) is 115 cm³/mol. The van der Waals surface area contributed by atoms with Gasteiger partial charge in [0, 0.05) is 36.2 Å². The lowest BCUT2D eigenvalue weighted by atomic mass is 9.74. The van der Waals surface area contributed by atoms with E-state index in [0.717, 1.165) is 29.0 Å². The molecular weight excluding hydrogens is 382 g/mol. The Balaban J connectivity index is 1.49. The normalized spacial score (nSPS) is 28.4. The molecule has 0 amide bonds. The minimum absolute atomic E-state index is 0.0609. The van der Waals surface area contributed by atoms with Gasteiger partial charge in [-0.25, -0.2) is 4.98 Å². The summed E-state index contributed by atoms with van der Waals surface area (Å²) in [7, 11) is 0. The van der Waals surface area contributed by atoms with Gasteiger partial charge in [0.1, 0.15) is 5.69 Å². The van der Waals surface area contributed by atoms with E-state index in [1.807, 2.05) is 24.6 Å². The minimum atomic E-state index is -0.452. The van der Waals surface area contributed by atoms with Gasteiger partial charge >= 0.3 is 0 Å². The first kappa shape index (κ1) is 20.6. The molecule has 2 aromatic rings. The first-order valence-electron chi connectivity index (χ1n) is 10.9. The summed E-state index contributed by atoms with van der Waals surface area (Å²) in [6.45, 7) is 2.05. The number of nitrogens with two attached hydrogens (primary N) is 1. The topological polar surface area (TPSA) is 89.1 Å². The van der Waals surface area contributed by atoms with E-state index in [1.165, 1.54) is 32.1 Å². The van der Waals surface area contributed by atoms with Crippen LogP contribution in [0.2, 0.25) is 0 Å². The highest BCUT2D eigenvalue weighted by Gasteiger charge is 2.34. The molecule has 4 rings (SSSR count). The second-order valence-electron chi connectivity index (χ2n) is 8.88. The summed E-state index contributed by atoms with van der Waals surface area (Å²) < 4.78 is 0. The average Bonchev–Trinajstić information content (AvgIpc) is 3.23. The monoisotopic (exact) mass is 413 g/mol. The number of ketones is 1. The molecule has 0 aromatic carbocycles. The van der Waals surface area contributed by atoms with Gasteiger partial charge in [-0.3, -0.25) is 9.78 Å². The molecule has 5 nitrogen and oxygen atoms in total. The van der Waals surface area contributed by atoms with Crippen LogP contribution in [-0.2, 0) is 6.42 Å². The summed E-state index contributed by atoms with van der Waals surface area (Å²) in [6.07, 6.45) is 11.3. The number of carbonyl (C=O) groups is 1. The SMILES string of the molecule is C[C@H]1C[C@@H](c2ccncc2CC(=O)c2csc(C3CCCCC3)n2)C[C@@H](N)[C@@H]1O. The number of pyridine rings is 1. The zero-order chi connectivity index (χ0) is 20.4. The second kappa shape index (κ2) is 9.02. The number of Topliss-reactive ketones (excluding diaryl/α,β-unsaturated/α-hetero) is 1. The van der Waals surface area contributed by atoms with Gasteiger partial charge in [-0.05, 0) is 54.7 Å². The predicted octanol–water partition coefficient (Wildman–Crippen LogP) is 4.21. The molecule has 2 heterocycles. The third kappa shape index (κ3) is 4.60. The van der Waals surface area contributed by atoms with Crippen molar-refractivity contribution in [3.63, 3.8) is 0 Å². The third-order valence-electron chi connectivity index (χ3n) is 6.73. The van der Waals surface area contributed by atoms with Crippen molar-refractivity contribution in [2.24, 2.45) is 11.7 Å². The van der Waals surface area contributed by atoms with Crippen LogP contribution in [0.25, 0.3) is 0 Å². The van der Waals surface area contributed by atoms with Crippen molar-refractivity contribution in [3.8, 4) is 0 Å². The maximum absolute atomic E-state index is 13.0. The summed E-state index contributed by atoms with van der Waals surface area (Å²) >= 11 is 1.64. The van der Waals surface area contributed by atoms with Gasteiger partial charge in [-0.2, -0.15) is 0 Å². The standard InChI is InChI=1S/C23H31N3O2S/c1-14-9-16(10-19(24)22(14)28)18-7-8-25-12-17(18)11-21(27)20-13-29-23(26-20)15-5-3-2-4-6-15/h7-8,12-16,19,22,28H,2-6,9-11,24H2,1H3/t14-,16+,19+,22+/m0/s1. The molecule has 2 fully saturated rings. The third-order valence-corrected chi connectivity index (χ3v) is 7.74. The molecule has 0 saturated heterocycles. The lowest BCUT2D eigenvalue weighted by Gasteiger charge is -2.36. The minimum Gasteiger partial charge on any atom is -0.391 e. The fourth-order valence-electron chi connectivity index (χ4n) is 5.03. The Morgan fingerprint density at radius 1 is 1.24 bits per heavy atom. The molecule has 2 saturated carbocycles. The highest BCUT2D eigenvalue weighted by Crippen LogP contribution is 2.38. The van der Waals surface area contributed by atoms with E-state index in [1.54, 1.807) is 17.5 Å². The molecular formula is C23H31N3O2S. The molecule has 0 aliphatic heterocycles. The van der Waals surface area contributed by atoms with Crippen LogP contribution in [0.5, 0.6) is 0 Å². The molecule has 29 heavy (non-hydrogen) atoms. The number of aromatic nitrogens is 2. The van der Waals surface area contributed by atoms with Crippen LogP contribution in [0, 0.1) is 5.92 Å². The number of aliphatic hydroxyl groups is 1. The van der Waals surface area contributed by atoms with Crippen molar-refractivity contribution in [1.29, 1.82) is 0 Å². The van der Waals surface area contributed by atoms with Gasteiger partial charge in [0.25, 0.3) is 0 Å². The quantitative estimate of drug-likeness (QED) is 0.717. The molecule has 0 bridgehead atoms. The summed E-state index contributed by atoms with van der Waals surface area (Å²) in [5.74, 6) is 0.992. The van der Waals surface area contributed by atoms with E-state index in [0.29, 0.717) is 18.0 Å². The largest absolute Gasteiger partial charge is 0.391 e. The zero-order valence-corrected chi connectivity index (χ0v) is 17.9. The number of aliphatic hydroxyl groups excluding tert-OH is 1. The number of hydrogen-bond acceptors (Lipinski definition) is 6. The van der Waals surface area contributed by atoms with Crippen LogP contribution < -0.4 is 5.73 Å². The Bertz CT molecular complexity index is 834. The number of hydrogen-bond donors (Lipinski definition) is 2. The molecule has 156 valence electrons. The summed E-state index contributed by atoms with van der Waals surface area (Å²) in [5.41, 5.74) is 8.87. The molecule has 4 atom stereocenters. The van der Waals surface area contributed by atoms with E-state index >= 15 is 0 Å². The van der Waals surface area contributed by atoms with Gasteiger partial charge in [-0.15, -0.1) is 11.3 Å². The maximum Gasteiger partial charge on any atom is 0.186 e. The summed E-state index contributed by atoms with van der Waals surface area (Å²) in [4.78, 5) is 21.9. The molecule has 0 spiro atoms. The van der Waals surface area contributed by atoms with Gasteiger partial charge in [0.2, 0.25) is 0 Å². The first-order valence-corrected chi connectivity index (χ1v) is 11.8. The van der Waals surface area contributed by atoms with Gasteiger partial charge in [-0.1, -0.05) is 26.2 Å². The van der Waals surface area contributed by atoms with Crippen LogP contribution in [-0.4, -0.2) is 33.0 Å². The fourth-order valence-corrected chi connectivity index (χ4v) is 6.02. The molecule has 6 heteroatoms. The summed E-state index contributed by atoms with van der Waals surface area (Å²) in [5, 5.41) is 13.2. The van der Waals surface area contributed by atoms with Crippen LogP contribution in [0.4, 0.5) is 0 Å². The number of carbonyl (C=O) groups excluding carboxylic acids is 1. The van der Waals surface area contributed by atoms with E-state index < -0.39 is 6.10 Å². The highest BCUT2D eigenvalue weighted by atomic mass is 32.1. The number of nitrogens with zero attached hydrogens (tertiary/aromatic N) is 2. The van der Waals surface area contributed by atoms with Crippen LogP contribution in [0.1, 0.15) is 90.3 Å². The van der Waals surface area contributed by atoms with Crippen LogP contribution in [0.15, 0.2) is 23.8 Å². The van der Waals surface area contributed by atoms with Crippen LogP contribution in [0.3, 0.4) is 0 Å². The van der Waals surface area contributed by atoms with Gasteiger partial charge in [0.05, 0.1) is 11.1 Å². The smallest absolute Gasteiger partial charge is 0.186 e.